The number of rotatable bonds is 5. The second-order valence-electron chi connectivity index (χ2n) is 5.60. The van der Waals surface area contributed by atoms with E-state index in [1.54, 1.807) is 0 Å². The van der Waals surface area contributed by atoms with Crippen LogP contribution in [0.5, 0.6) is 0 Å². The average Bonchev–Trinajstić information content (AvgIpc) is 2.48. The molecule has 1 aliphatic rings. The number of hydrogen-bond acceptors (Lipinski definition) is 5. The molecule has 2 rings (SSSR count). The van der Waals surface area contributed by atoms with E-state index in [1.165, 1.54) is 12.1 Å². The summed E-state index contributed by atoms with van der Waals surface area (Å²) in [5.74, 6) is 0.222. The minimum atomic E-state index is -3.79. The lowest BCUT2D eigenvalue weighted by atomic mass is 9.96. The van der Waals surface area contributed by atoms with Crippen molar-refractivity contribution in [2.45, 2.75) is 37.6 Å². The van der Waals surface area contributed by atoms with E-state index < -0.39 is 14.9 Å². The van der Waals surface area contributed by atoms with Gasteiger partial charge in [0.15, 0.2) is 0 Å². The van der Waals surface area contributed by atoms with Crippen LogP contribution >= 0.6 is 12.4 Å². The van der Waals surface area contributed by atoms with Crippen molar-refractivity contribution in [3.05, 3.63) is 33.9 Å². The second kappa shape index (κ2) is 8.05. The zero-order valence-corrected chi connectivity index (χ0v) is 14.7. The van der Waals surface area contributed by atoms with Crippen molar-refractivity contribution < 1.29 is 13.3 Å². The fourth-order valence-corrected chi connectivity index (χ4v) is 4.28. The normalized spacial score (nSPS) is 21.5. The zero-order chi connectivity index (χ0) is 16.3. The molecule has 0 bridgehead atoms. The Morgan fingerprint density at radius 2 is 2.13 bits per heavy atom. The number of nitro groups is 1. The van der Waals surface area contributed by atoms with Gasteiger partial charge in [-0.25, -0.2) is 13.1 Å². The molecule has 0 aliphatic carbocycles. The smallest absolute Gasteiger partial charge is 0.270 e. The van der Waals surface area contributed by atoms with Crippen molar-refractivity contribution in [1.29, 1.82) is 0 Å². The van der Waals surface area contributed by atoms with Crippen molar-refractivity contribution in [3.8, 4) is 0 Å². The first-order valence-corrected chi connectivity index (χ1v) is 8.84. The maximum atomic E-state index is 12.6. The molecule has 1 aliphatic heterocycles. The summed E-state index contributed by atoms with van der Waals surface area (Å²) >= 11 is 0. The molecule has 7 nitrogen and oxygen atoms in total. The van der Waals surface area contributed by atoms with Gasteiger partial charge in [-0.1, -0.05) is 19.9 Å². The van der Waals surface area contributed by atoms with E-state index in [0.29, 0.717) is 18.5 Å². The first-order valence-electron chi connectivity index (χ1n) is 7.35. The van der Waals surface area contributed by atoms with Crippen LogP contribution in [0.25, 0.3) is 0 Å². The molecule has 1 heterocycles. The number of nitro benzene ring substituents is 1. The lowest BCUT2D eigenvalue weighted by Gasteiger charge is -2.30. The number of nitrogens with one attached hydrogen (secondary N) is 2. The van der Waals surface area contributed by atoms with Crippen LogP contribution in [0, 0.1) is 16.0 Å². The van der Waals surface area contributed by atoms with E-state index in [-0.39, 0.29) is 34.9 Å². The van der Waals surface area contributed by atoms with Crippen LogP contribution < -0.4 is 10.0 Å². The summed E-state index contributed by atoms with van der Waals surface area (Å²) < 4.78 is 28.0. The number of piperidine rings is 1. The van der Waals surface area contributed by atoms with Gasteiger partial charge in [-0.2, -0.15) is 0 Å². The highest BCUT2D eigenvalue weighted by Crippen LogP contribution is 2.24. The quantitative estimate of drug-likeness (QED) is 0.614. The van der Waals surface area contributed by atoms with Gasteiger partial charge in [0.2, 0.25) is 10.0 Å². The molecule has 0 aromatic heterocycles. The molecule has 0 amide bonds. The van der Waals surface area contributed by atoms with Gasteiger partial charge >= 0.3 is 0 Å². The molecule has 2 N–H and O–H groups in total. The summed E-state index contributed by atoms with van der Waals surface area (Å²) in [6.45, 7) is 5.26. The Morgan fingerprint density at radius 1 is 1.43 bits per heavy atom. The lowest BCUT2D eigenvalue weighted by Crippen LogP contribution is -2.50. The maximum absolute atomic E-state index is 12.6. The van der Waals surface area contributed by atoms with E-state index in [1.807, 2.05) is 13.8 Å². The molecule has 130 valence electrons. The number of benzene rings is 1. The van der Waals surface area contributed by atoms with E-state index >= 15 is 0 Å². The molecule has 1 fully saturated rings. The minimum Gasteiger partial charge on any atom is -0.315 e. The molecule has 23 heavy (non-hydrogen) atoms. The number of sulfonamides is 1. The molecule has 0 spiro atoms. The highest BCUT2D eigenvalue weighted by molar-refractivity contribution is 7.89. The third-order valence-electron chi connectivity index (χ3n) is 4.07. The number of nitrogens with zero attached hydrogens (tertiary/aromatic N) is 1. The van der Waals surface area contributed by atoms with Gasteiger partial charge < -0.3 is 5.32 Å². The zero-order valence-electron chi connectivity index (χ0n) is 13.1. The number of hydrogen-bond donors (Lipinski definition) is 2. The summed E-state index contributed by atoms with van der Waals surface area (Å²) in [6, 6.07) is 3.78. The summed E-state index contributed by atoms with van der Waals surface area (Å²) in [5.41, 5.74) is 0.363. The van der Waals surface area contributed by atoms with Gasteiger partial charge in [-0.3, -0.25) is 10.1 Å². The van der Waals surface area contributed by atoms with E-state index in [9.17, 15) is 18.5 Å². The van der Waals surface area contributed by atoms with Crippen LogP contribution in [0.1, 0.15) is 25.8 Å². The van der Waals surface area contributed by atoms with Crippen molar-refractivity contribution >= 4 is 28.1 Å². The average molecular weight is 364 g/mol. The van der Waals surface area contributed by atoms with Crippen LogP contribution in [0.2, 0.25) is 0 Å². The Morgan fingerprint density at radius 3 is 2.70 bits per heavy atom. The Hall–Kier alpha value is -1.22. The molecular weight excluding hydrogens is 342 g/mol. The topological polar surface area (TPSA) is 101 Å². The molecule has 1 aromatic carbocycles. The van der Waals surface area contributed by atoms with Crippen LogP contribution in [0.15, 0.2) is 23.1 Å². The largest absolute Gasteiger partial charge is 0.315 e. The number of halogens is 1. The van der Waals surface area contributed by atoms with Crippen LogP contribution in [0.3, 0.4) is 0 Å². The minimum absolute atomic E-state index is 0. The monoisotopic (exact) mass is 363 g/mol. The molecule has 0 saturated carbocycles. The SMILES string of the molecule is CCc1ccc([N+](=O)[O-])cc1S(=O)(=O)NC1CNCCC1C.Cl. The highest BCUT2D eigenvalue weighted by atomic mass is 35.5. The van der Waals surface area contributed by atoms with Gasteiger partial charge in [0.05, 0.1) is 9.82 Å². The predicted octanol–water partition coefficient (Wildman–Crippen LogP) is 1.86. The van der Waals surface area contributed by atoms with Gasteiger partial charge in [-0.05, 0) is 30.9 Å². The Balaban J connectivity index is 0.00000264. The third-order valence-corrected chi connectivity index (χ3v) is 5.64. The third kappa shape index (κ3) is 4.63. The standard InChI is InChI=1S/C14H21N3O4S.ClH/c1-3-11-4-5-12(17(18)19)8-14(11)22(20,21)16-13-9-15-7-6-10(13)2;/h4-5,8,10,13,15-16H,3,6-7,9H2,1-2H3;1H. The Labute approximate surface area is 142 Å². The lowest BCUT2D eigenvalue weighted by molar-refractivity contribution is -0.385. The van der Waals surface area contributed by atoms with Crippen LogP contribution in [-0.4, -0.2) is 32.5 Å². The molecule has 2 unspecified atom stereocenters. The summed E-state index contributed by atoms with van der Waals surface area (Å²) in [5, 5.41) is 14.1. The maximum Gasteiger partial charge on any atom is 0.270 e. The van der Waals surface area contributed by atoms with Gasteiger partial charge in [-0.15, -0.1) is 12.4 Å². The summed E-state index contributed by atoms with van der Waals surface area (Å²) in [6.07, 6.45) is 1.38. The molecule has 2 atom stereocenters. The van der Waals surface area contributed by atoms with Gasteiger partial charge in [0.25, 0.3) is 5.69 Å². The van der Waals surface area contributed by atoms with E-state index in [4.69, 9.17) is 0 Å². The molecule has 1 saturated heterocycles. The fraction of sp³-hybridized carbons (Fsp3) is 0.571. The van der Waals surface area contributed by atoms with Gasteiger partial charge in [0, 0.05) is 24.7 Å². The number of aryl methyl sites for hydroxylation is 1. The number of non-ortho nitro benzene ring substituents is 1. The Kier molecular flexibility index (Phi) is 6.94. The van der Waals surface area contributed by atoms with E-state index in [2.05, 4.69) is 10.0 Å². The van der Waals surface area contributed by atoms with E-state index in [0.717, 1.165) is 19.0 Å². The van der Waals surface area contributed by atoms with Crippen LogP contribution in [0.4, 0.5) is 5.69 Å². The first kappa shape index (κ1) is 19.8. The molecule has 9 heteroatoms. The summed E-state index contributed by atoms with van der Waals surface area (Å²) in [7, 11) is -3.79. The van der Waals surface area contributed by atoms with Crippen molar-refractivity contribution in [1.82, 2.24) is 10.0 Å². The molecule has 0 radical (unpaired) electrons. The van der Waals surface area contributed by atoms with Crippen molar-refractivity contribution in [2.75, 3.05) is 13.1 Å². The van der Waals surface area contributed by atoms with Gasteiger partial charge in [0.1, 0.15) is 0 Å². The first-order chi connectivity index (χ1) is 10.3. The fourth-order valence-electron chi connectivity index (χ4n) is 2.61. The second-order valence-corrected chi connectivity index (χ2v) is 7.28. The summed E-state index contributed by atoms with van der Waals surface area (Å²) in [4.78, 5) is 10.3. The van der Waals surface area contributed by atoms with Crippen molar-refractivity contribution in [3.63, 3.8) is 0 Å². The highest BCUT2D eigenvalue weighted by Gasteiger charge is 2.28. The molecule has 1 aromatic rings. The van der Waals surface area contributed by atoms with Crippen LogP contribution in [-0.2, 0) is 16.4 Å². The predicted molar refractivity (Wildman–Crippen MR) is 90.5 cm³/mol. The molecular formula is C14H22ClN3O4S. The Bertz CT molecular complexity index is 666. The van der Waals surface area contributed by atoms with Crippen molar-refractivity contribution in [2.24, 2.45) is 5.92 Å².